The van der Waals surface area contributed by atoms with Crippen LogP contribution in [0.25, 0.3) is 0 Å². The smallest absolute Gasteiger partial charge is 0.366 e. The number of hydrogen-bond acceptors (Lipinski definition) is 7. The van der Waals surface area contributed by atoms with Crippen LogP contribution in [0.15, 0.2) is 23.5 Å². The molecule has 0 aromatic rings. The zero-order valence-corrected chi connectivity index (χ0v) is 18.5. The molecule has 3 unspecified atom stereocenters. The number of alkyl halides is 1. The molecule has 0 aromatic carbocycles. The highest BCUT2D eigenvalue weighted by atomic mass is 127. The number of hydroxylamine groups is 2. The fraction of sp³-hybridized carbons (Fsp3) is 0.688. The van der Waals surface area contributed by atoms with Crippen LogP contribution in [0.3, 0.4) is 0 Å². The summed E-state index contributed by atoms with van der Waals surface area (Å²) in [5, 5.41) is 19.9. The number of methoxy groups -OCH3 is 1. The molecule has 26 heavy (non-hydrogen) atoms. The molecular weight excluding hydrogens is 476 g/mol. The molecule has 0 radical (unpaired) electrons. The van der Waals surface area contributed by atoms with Gasteiger partial charge >= 0.3 is 13.9 Å². The topological polar surface area (TPSA) is 109 Å². The van der Waals surface area contributed by atoms with E-state index in [0.29, 0.717) is 23.7 Å². The van der Waals surface area contributed by atoms with Crippen molar-refractivity contribution in [1.82, 2.24) is 5.06 Å². The Labute approximate surface area is 168 Å². The lowest BCUT2D eigenvalue weighted by Gasteiger charge is -2.26. The number of carbonyl (C=O) groups is 1. The Bertz CT molecular complexity index is 545. The van der Waals surface area contributed by atoms with E-state index in [1.165, 1.54) is 12.7 Å². The average molecular weight is 504 g/mol. The largest absolute Gasteiger partial charge is 0.476 e. The second-order valence-corrected chi connectivity index (χ2v) is 10.4. The van der Waals surface area contributed by atoms with Crippen molar-refractivity contribution in [2.45, 2.75) is 43.6 Å². The molecule has 1 aliphatic carbocycles. The Morgan fingerprint density at radius 1 is 1.50 bits per heavy atom. The first-order valence-electron chi connectivity index (χ1n) is 8.32. The molecule has 1 amide bonds. The van der Waals surface area contributed by atoms with E-state index in [-0.39, 0.29) is 19.1 Å². The second-order valence-electron chi connectivity index (χ2n) is 6.09. The molecule has 1 aliphatic rings. The fourth-order valence-electron chi connectivity index (χ4n) is 2.12. The van der Waals surface area contributed by atoms with E-state index in [4.69, 9.17) is 13.8 Å². The summed E-state index contributed by atoms with van der Waals surface area (Å²) in [6.07, 6.45) is 3.45. The first-order chi connectivity index (χ1) is 12.1. The number of halogens is 1. The summed E-state index contributed by atoms with van der Waals surface area (Å²) < 4.78 is 14.7. The van der Waals surface area contributed by atoms with Crippen molar-refractivity contribution in [1.29, 1.82) is 0 Å². The van der Waals surface area contributed by atoms with E-state index in [2.05, 4.69) is 0 Å². The van der Waals surface area contributed by atoms with Crippen LogP contribution in [-0.4, -0.2) is 56.4 Å². The first kappa shape index (κ1) is 23.7. The third-order valence-electron chi connectivity index (χ3n) is 3.92. The number of hydrogen-bond donors (Lipinski definition) is 3. The van der Waals surface area contributed by atoms with Crippen LogP contribution in [0.1, 0.15) is 33.6 Å². The van der Waals surface area contributed by atoms with Gasteiger partial charge in [0.05, 0.1) is 0 Å². The minimum Gasteiger partial charge on any atom is -0.366 e. The molecule has 150 valence electrons. The number of aliphatic hydroxyl groups is 1. The van der Waals surface area contributed by atoms with Crippen molar-refractivity contribution in [3.8, 4) is 0 Å². The zero-order chi connectivity index (χ0) is 19.9. The van der Waals surface area contributed by atoms with E-state index >= 15 is 0 Å². The number of amides is 1. The molecule has 0 bridgehead atoms. The molecule has 0 saturated carbocycles. The van der Waals surface area contributed by atoms with Crippen LogP contribution in [0.5, 0.6) is 0 Å². The molecule has 10 heteroatoms. The first-order valence-corrected chi connectivity index (χ1v) is 11.2. The number of ether oxygens (including phenoxy) is 1. The average Bonchev–Trinajstić information content (AvgIpc) is 2.61. The summed E-state index contributed by atoms with van der Waals surface area (Å²) in [5.74, 6) is -0.00234. The predicted molar refractivity (Wildman–Crippen MR) is 106 cm³/mol. The molecule has 0 heterocycles. The maximum absolute atomic E-state index is 12.4. The Morgan fingerprint density at radius 3 is 2.69 bits per heavy atom. The van der Waals surface area contributed by atoms with E-state index < -0.39 is 23.8 Å². The van der Waals surface area contributed by atoms with Crippen LogP contribution >= 0.6 is 30.5 Å². The standard InChI is InChI=1S/C16H28INO7P/c1-5-8-18(21)16(20)15(17)26(22,24-10-14(19)23-4)25-13-7-6-11(2)12(3)9-13/h6-7,12,14-15,19,21-22H,5,8-10H2,1-4H3/q+1/t12-,14?,15?,26?/m0/s1. The van der Waals surface area contributed by atoms with Gasteiger partial charge in [0.2, 0.25) is 0 Å². The van der Waals surface area contributed by atoms with E-state index in [0.717, 1.165) is 0 Å². The van der Waals surface area contributed by atoms with Crippen molar-refractivity contribution in [3.05, 3.63) is 23.5 Å². The van der Waals surface area contributed by atoms with E-state index in [9.17, 15) is 20.0 Å². The normalized spacial score (nSPS) is 21.9. The van der Waals surface area contributed by atoms with Gasteiger partial charge < -0.3 is 9.84 Å². The molecule has 0 aromatic heterocycles. The van der Waals surface area contributed by atoms with Crippen LogP contribution < -0.4 is 0 Å². The highest BCUT2D eigenvalue weighted by Gasteiger charge is 2.57. The van der Waals surface area contributed by atoms with Crippen molar-refractivity contribution in [3.63, 3.8) is 0 Å². The lowest BCUT2D eigenvalue weighted by molar-refractivity contribution is -0.163. The monoisotopic (exact) mass is 504 g/mol. The SMILES string of the molecule is CCCN(O)C(=O)C(I)[P+](O)(OCC(O)OC)OC1=CC=C(C)[C@@H](C)C1. The van der Waals surface area contributed by atoms with Gasteiger partial charge in [-0.15, -0.1) is 0 Å². The van der Waals surface area contributed by atoms with Crippen molar-refractivity contribution in [2.75, 3.05) is 20.3 Å². The quantitative estimate of drug-likeness (QED) is 0.105. The molecular formula is C16H28INO7P+. The number of nitrogens with zero attached hydrogens (tertiary/aromatic N) is 1. The number of allylic oxidation sites excluding steroid dienone is 4. The number of aliphatic hydroxyl groups excluding tert-OH is 1. The Morgan fingerprint density at radius 2 is 2.15 bits per heavy atom. The predicted octanol–water partition coefficient (Wildman–Crippen LogP) is 3.00. The molecule has 8 nitrogen and oxygen atoms in total. The van der Waals surface area contributed by atoms with Gasteiger partial charge in [0.15, 0.2) is 12.0 Å². The molecule has 0 aliphatic heterocycles. The lowest BCUT2D eigenvalue weighted by Crippen LogP contribution is -2.37. The molecule has 1 rings (SSSR count). The van der Waals surface area contributed by atoms with E-state index in [1.54, 1.807) is 28.7 Å². The lowest BCUT2D eigenvalue weighted by atomic mass is 9.94. The highest BCUT2D eigenvalue weighted by molar-refractivity contribution is 14.1. The fourth-order valence-corrected chi connectivity index (χ4v) is 4.76. The summed E-state index contributed by atoms with van der Waals surface area (Å²) in [6, 6.07) is 0. The van der Waals surface area contributed by atoms with Gasteiger partial charge in [0, 0.05) is 20.1 Å². The second kappa shape index (κ2) is 10.9. The highest BCUT2D eigenvalue weighted by Crippen LogP contribution is 2.66. The van der Waals surface area contributed by atoms with Gasteiger partial charge in [-0.1, -0.05) is 25.5 Å². The summed E-state index contributed by atoms with van der Waals surface area (Å²) in [7, 11) is -2.49. The van der Waals surface area contributed by atoms with Crippen molar-refractivity contribution < 1.29 is 33.8 Å². The summed E-state index contributed by atoms with van der Waals surface area (Å²) in [4.78, 5) is 23.4. The molecule has 0 saturated heterocycles. The zero-order valence-electron chi connectivity index (χ0n) is 15.5. The molecule has 0 fully saturated rings. The van der Waals surface area contributed by atoms with Gasteiger partial charge in [-0.25, -0.2) is 5.06 Å². The van der Waals surface area contributed by atoms with Crippen LogP contribution in [0.4, 0.5) is 0 Å². The molecule has 0 spiro atoms. The third-order valence-corrected chi connectivity index (χ3v) is 8.37. The number of carbonyl (C=O) groups excluding carboxylic acids is 1. The van der Waals surface area contributed by atoms with Gasteiger partial charge in [0.1, 0.15) is 6.61 Å². The van der Waals surface area contributed by atoms with Crippen LogP contribution in [0, 0.1) is 5.92 Å². The Hall–Kier alpha value is -0.290. The Kier molecular flexibility index (Phi) is 9.95. The number of rotatable bonds is 10. The minimum atomic E-state index is -3.78. The maximum Gasteiger partial charge on any atom is 0.476 e. The molecule has 4 atom stereocenters. The third kappa shape index (κ3) is 6.70. The van der Waals surface area contributed by atoms with E-state index in [1.807, 2.05) is 26.8 Å². The Balaban J connectivity index is 3.00. The van der Waals surface area contributed by atoms with Crippen LogP contribution in [-0.2, 0) is 18.6 Å². The molecule has 3 N–H and O–H groups in total. The van der Waals surface area contributed by atoms with Gasteiger partial charge in [-0.05, 0) is 47.9 Å². The summed E-state index contributed by atoms with van der Waals surface area (Å²) in [5.41, 5.74) is 1.18. The van der Waals surface area contributed by atoms with Gasteiger partial charge in [-0.3, -0.25) is 14.5 Å². The maximum atomic E-state index is 12.4. The summed E-state index contributed by atoms with van der Waals surface area (Å²) in [6.45, 7) is 5.60. The van der Waals surface area contributed by atoms with Gasteiger partial charge in [-0.2, -0.15) is 9.42 Å². The van der Waals surface area contributed by atoms with Crippen molar-refractivity contribution >= 4 is 36.4 Å². The van der Waals surface area contributed by atoms with Crippen molar-refractivity contribution in [2.24, 2.45) is 5.92 Å². The summed E-state index contributed by atoms with van der Waals surface area (Å²) >= 11 is 1.70. The van der Waals surface area contributed by atoms with Crippen LogP contribution in [0.2, 0.25) is 0 Å². The minimum absolute atomic E-state index is 0.126. The van der Waals surface area contributed by atoms with Gasteiger partial charge in [0.25, 0.3) is 3.67 Å².